The van der Waals surface area contributed by atoms with E-state index >= 15 is 0 Å². The molecule has 1 heterocycles. The Morgan fingerprint density at radius 2 is 2.12 bits per heavy atom. The van der Waals surface area contributed by atoms with Crippen LogP contribution in [0.5, 0.6) is 0 Å². The maximum Gasteiger partial charge on any atom is 0.292 e. The molecule has 3 nitrogen and oxygen atoms in total. The van der Waals surface area contributed by atoms with Crippen LogP contribution in [0.4, 0.5) is 10.4 Å². The maximum absolute atomic E-state index is 13.1. The Balaban J connectivity index is 2.55. The molecule has 2 aromatic rings. The van der Waals surface area contributed by atoms with Crippen LogP contribution in [0.1, 0.15) is 25.5 Å². The zero-order valence-corrected chi connectivity index (χ0v) is 9.20. The fourth-order valence-electron chi connectivity index (χ4n) is 1.58. The summed E-state index contributed by atoms with van der Waals surface area (Å²) in [5, 5.41) is 0. The first kappa shape index (κ1) is 10.7. The summed E-state index contributed by atoms with van der Waals surface area (Å²) in [6.07, 6.45) is 0. The van der Waals surface area contributed by atoms with E-state index < -0.39 is 0 Å². The molecule has 84 valence electrons. The number of benzene rings is 1. The van der Waals surface area contributed by atoms with Crippen LogP contribution in [-0.2, 0) is 0 Å². The van der Waals surface area contributed by atoms with Crippen molar-refractivity contribution >= 4 is 6.01 Å². The van der Waals surface area contributed by atoms with Crippen molar-refractivity contribution < 1.29 is 8.81 Å². The molecule has 0 aliphatic heterocycles. The minimum Gasteiger partial charge on any atom is -0.428 e. The summed E-state index contributed by atoms with van der Waals surface area (Å²) in [5.74, 6) is 0.542. The van der Waals surface area contributed by atoms with E-state index in [1.54, 1.807) is 12.1 Å². The highest BCUT2D eigenvalue weighted by atomic mass is 19.1. The predicted molar refractivity (Wildman–Crippen MR) is 60.4 cm³/mol. The Bertz CT molecular complexity index is 505. The number of rotatable bonds is 2. The molecular weight excluding hydrogens is 207 g/mol. The topological polar surface area (TPSA) is 52.0 Å². The van der Waals surface area contributed by atoms with Crippen LogP contribution in [0.2, 0.25) is 0 Å². The number of hydrogen-bond acceptors (Lipinski definition) is 3. The molecule has 0 radical (unpaired) electrons. The van der Waals surface area contributed by atoms with Crippen LogP contribution in [0, 0.1) is 5.82 Å². The average Bonchev–Trinajstić information content (AvgIpc) is 2.60. The Hall–Kier alpha value is -1.84. The molecule has 0 saturated heterocycles. The summed E-state index contributed by atoms with van der Waals surface area (Å²) in [5.41, 5.74) is 6.82. The average molecular weight is 220 g/mol. The van der Waals surface area contributed by atoms with Crippen molar-refractivity contribution in [2.45, 2.75) is 19.8 Å². The van der Waals surface area contributed by atoms with Gasteiger partial charge in [0.15, 0.2) is 0 Å². The second-order valence-corrected chi connectivity index (χ2v) is 3.93. The molecule has 0 aliphatic carbocycles. The molecule has 0 atom stereocenters. The number of aromatic nitrogens is 1. The Kier molecular flexibility index (Phi) is 2.64. The van der Waals surface area contributed by atoms with Gasteiger partial charge in [0.05, 0.1) is 0 Å². The molecule has 1 aromatic carbocycles. The Labute approximate surface area is 93.1 Å². The quantitative estimate of drug-likeness (QED) is 0.845. The zero-order valence-electron chi connectivity index (χ0n) is 9.20. The van der Waals surface area contributed by atoms with Crippen LogP contribution in [-0.4, -0.2) is 4.98 Å². The lowest BCUT2D eigenvalue weighted by molar-refractivity contribution is 0.500. The van der Waals surface area contributed by atoms with Gasteiger partial charge < -0.3 is 10.2 Å². The largest absolute Gasteiger partial charge is 0.428 e. The molecule has 2 N–H and O–H groups in total. The summed E-state index contributed by atoms with van der Waals surface area (Å²) in [6, 6.07) is 6.35. The monoisotopic (exact) mass is 220 g/mol. The highest BCUT2D eigenvalue weighted by Gasteiger charge is 2.16. The molecule has 0 amide bonds. The van der Waals surface area contributed by atoms with Crippen molar-refractivity contribution in [2.24, 2.45) is 0 Å². The standard InChI is InChI=1S/C12H13FN2O/c1-7(2)11-10(15-12(14)16-11)8-4-3-5-9(13)6-8/h3-7H,1-2H3,(H2,14,15). The third-order valence-electron chi connectivity index (χ3n) is 2.29. The third kappa shape index (κ3) is 1.91. The fourth-order valence-corrected chi connectivity index (χ4v) is 1.58. The summed E-state index contributed by atoms with van der Waals surface area (Å²) in [6.45, 7) is 3.95. The molecule has 2 rings (SSSR count). The molecule has 4 heteroatoms. The van der Waals surface area contributed by atoms with Gasteiger partial charge in [-0.25, -0.2) is 4.39 Å². The van der Waals surface area contributed by atoms with Gasteiger partial charge in [-0.1, -0.05) is 26.0 Å². The van der Waals surface area contributed by atoms with Crippen molar-refractivity contribution in [2.75, 3.05) is 5.73 Å². The van der Waals surface area contributed by atoms with Gasteiger partial charge in [-0.05, 0) is 12.1 Å². The molecule has 1 aromatic heterocycles. The molecule has 0 spiro atoms. The second-order valence-electron chi connectivity index (χ2n) is 3.93. The van der Waals surface area contributed by atoms with Gasteiger partial charge in [-0.2, -0.15) is 4.98 Å². The van der Waals surface area contributed by atoms with Crippen molar-refractivity contribution in [3.05, 3.63) is 35.8 Å². The molecule has 0 aliphatic rings. The normalized spacial score (nSPS) is 11.0. The van der Waals surface area contributed by atoms with E-state index in [1.807, 2.05) is 13.8 Å². The summed E-state index contributed by atoms with van der Waals surface area (Å²) < 4.78 is 18.4. The van der Waals surface area contributed by atoms with Gasteiger partial charge in [0.2, 0.25) is 0 Å². The minimum absolute atomic E-state index is 0.114. The lowest BCUT2D eigenvalue weighted by Crippen LogP contribution is -1.89. The maximum atomic E-state index is 13.1. The van der Waals surface area contributed by atoms with Gasteiger partial charge >= 0.3 is 0 Å². The van der Waals surface area contributed by atoms with Gasteiger partial charge in [-0.15, -0.1) is 0 Å². The molecule has 0 bridgehead atoms. The first-order valence-corrected chi connectivity index (χ1v) is 5.10. The second kappa shape index (κ2) is 3.96. The van der Waals surface area contributed by atoms with Crippen molar-refractivity contribution in [3.63, 3.8) is 0 Å². The van der Waals surface area contributed by atoms with Crippen LogP contribution < -0.4 is 5.73 Å². The Morgan fingerprint density at radius 3 is 2.75 bits per heavy atom. The van der Waals surface area contributed by atoms with Gasteiger partial charge in [0.25, 0.3) is 6.01 Å². The number of hydrogen-bond donors (Lipinski definition) is 1. The van der Waals surface area contributed by atoms with E-state index in [4.69, 9.17) is 10.2 Å². The van der Waals surface area contributed by atoms with E-state index in [1.165, 1.54) is 12.1 Å². The summed E-state index contributed by atoms with van der Waals surface area (Å²) in [4.78, 5) is 4.09. The molecule has 0 saturated carbocycles. The van der Waals surface area contributed by atoms with Crippen LogP contribution in [0.3, 0.4) is 0 Å². The van der Waals surface area contributed by atoms with E-state index in [-0.39, 0.29) is 17.7 Å². The van der Waals surface area contributed by atoms with E-state index in [0.29, 0.717) is 17.0 Å². The van der Waals surface area contributed by atoms with Crippen LogP contribution in [0.25, 0.3) is 11.3 Å². The first-order chi connectivity index (χ1) is 7.58. The highest BCUT2D eigenvalue weighted by Crippen LogP contribution is 2.30. The number of halogens is 1. The highest BCUT2D eigenvalue weighted by molar-refractivity contribution is 5.63. The Morgan fingerprint density at radius 1 is 1.38 bits per heavy atom. The molecular formula is C12H13FN2O. The van der Waals surface area contributed by atoms with E-state index in [9.17, 15) is 4.39 Å². The number of oxazole rings is 1. The summed E-state index contributed by atoms with van der Waals surface area (Å²) in [7, 11) is 0. The number of nitrogens with zero attached hydrogens (tertiary/aromatic N) is 1. The molecule has 0 fully saturated rings. The van der Waals surface area contributed by atoms with Crippen molar-refractivity contribution in [1.82, 2.24) is 4.98 Å². The predicted octanol–water partition coefficient (Wildman–Crippen LogP) is 3.19. The van der Waals surface area contributed by atoms with Crippen LogP contribution >= 0.6 is 0 Å². The first-order valence-electron chi connectivity index (χ1n) is 5.10. The number of anilines is 1. The SMILES string of the molecule is CC(C)c1oc(N)nc1-c1cccc(F)c1. The van der Waals surface area contributed by atoms with Gasteiger partial charge in [0, 0.05) is 11.5 Å². The fraction of sp³-hybridized carbons (Fsp3) is 0.250. The number of nitrogen functional groups attached to an aromatic ring is 1. The van der Waals surface area contributed by atoms with Gasteiger partial charge in [0.1, 0.15) is 17.3 Å². The van der Waals surface area contributed by atoms with Crippen molar-refractivity contribution in [3.8, 4) is 11.3 Å². The number of nitrogens with two attached hydrogens (primary N) is 1. The summed E-state index contributed by atoms with van der Waals surface area (Å²) >= 11 is 0. The van der Waals surface area contributed by atoms with Crippen LogP contribution in [0.15, 0.2) is 28.7 Å². The van der Waals surface area contributed by atoms with Crippen molar-refractivity contribution in [1.29, 1.82) is 0 Å². The van der Waals surface area contributed by atoms with E-state index in [0.717, 1.165) is 0 Å². The smallest absolute Gasteiger partial charge is 0.292 e. The molecule has 16 heavy (non-hydrogen) atoms. The van der Waals surface area contributed by atoms with E-state index in [2.05, 4.69) is 4.98 Å². The lowest BCUT2D eigenvalue weighted by Gasteiger charge is -2.03. The third-order valence-corrected chi connectivity index (χ3v) is 2.29. The minimum atomic E-state index is -0.297. The zero-order chi connectivity index (χ0) is 11.7. The molecule has 0 unspecified atom stereocenters. The van der Waals surface area contributed by atoms with Gasteiger partial charge in [-0.3, -0.25) is 0 Å². The lowest BCUT2D eigenvalue weighted by atomic mass is 10.0.